The molecule has 2 atom stereocenters. The zero-order valence-corrected chi connectivity index (χ0v) is 16.4. The first-order valence-electron chi connectivity index (χ1n) is 9.81. The van der Waals surface area contributed by atoms with Gasteiger partial charge in [-0.05, 0) is 41.5 Å². The van der Waals surface area contributed by atoms with Gasteiger partial charge < -0.3 is 5.32 Å². The minimum atomic E-state index is -1.38. The van der Waals surface area contributed by atoms with E-state index in [0.717, 1.165) is 32.9 Å². The van der Waals surface area contributed by atoms with Gasteiger partial charge in [-0.15, -0.1) is 0 Å². The summed E-state index contributed by atoms with van der Waals surface area (Å²) in [5.41, 5.74) is 3.83. The maximum atomic E-state index is 15.3. The average Bonchev–Trinajstić information content (AvgIpc) is 2.82. The van der Waals surface area contributed by atoms with Gasteiger partial charge in [-0.1, -0.05) is 24.3 Å². The topological polar surface area (TPSA) is 86.3 Å². The molecule has 0 fully saturated rings. The summed E-state index contributed by atoms with van der Waals surface area (Å²) in [6, 6.07) is 18.4. The zero-order valence-electron chi connectivity index (χ0n) is 16.4. The van der Waals surface area contributed by atoms with E-state index < -0.39 is 12.2 Å². The number of halogens is 1. The number of pyridine rings is 2. The normalized spacial score (nSPS) is 19.4. The number of nitrogens with one attached hydrogen (secondary N) is 1. The Morgan fingerprint density at radius 2 is 1.94 bits per heavy atom. The highest BCUT2D eigenvalue weighted by Crippen LogP contribution is 2.28. The highest BCUT2D eigenvalue weighted by molar-refractivity contribution is 5.97. The third-order valence-corrected chi connectivity index (χ3v) is 5.26. The molecule has 0 saturated carbocycles. The maximum Gasteiger partial charge on any atom is 0.183 e. The van der Waals surface area contributed by atoms with Crippen molar-refractivity contribution in [1.82, 2.24) is 15.3 Å². The Hall–Kier alpha value is -4.18. The fourth-order valence-electron chi connectivity index (χ4n) is 3.66. The Bertz CT molecular complexity index is 1390. The van der Waals surface area contributed by atoms with Crippen molar-refractivity contribution in [2.45, 2.75) is 18.8 Å². The van der Waals surface area contributed by atoms with Crippen molar-refractivity contribution in [2.75, 3.05) is 0 Å². The van der Waals surface area contributed by atoms with Crippen molar-refractivity contribution in [3.63, 3.8) is 0 Å². The number of hydrogen-bond acceptors (Lipinski definition) is 5. The van der Waals surface area contributed by atoms with E-state index in [1.165, 1.54) is 6.34 Å². The van der Waals surface area contributed by atoms with Crippen LogP contribution in [0.4, 0.5) is 4.39 Å². The van der Waals surface area contributed by atoms with Crippen LogP contribution in [0.1, 0.15) is 22.7 Å². The molecule has 0 aliphatic carbocycles. The van der Waals surface area contributed by atoms with Crippen LogP contribution in [0.3, 0.4) is 0 Å². The average molecular weight is 408 g/mol. The van der Waals surface area contributed by atoms with Gasteiger partial charge in [0.25, 0.3) is 0 Å². The number of nitriles is 1. The van der Waals surface area contributed by atoms with Crippen LogP contribution in [0.5, 0.6) is 0 Å². The molecule has 31 heavy (non-hydrogen) atoms. The first-order chi connectivity index (χ1) is 15.2. The lowest BCUT2D eigenvalue weighted by molar-refractivity contribution is 0.359. The lowest BCUT2D eigenvalue weighted by Crippen LogP contribution is -2.39. The third-order valence-electron chi connectivity index (χ3n) is 5.26. The van der Waals surface area contributed by atoms with Crippen LogP contribution in [0.25, 0.3) is 21.8 Å². The molecular formula is C24H17FN6. The summed E-state index contributed by atoms with van der Waals surface area (Å²) in [6.45, 7) is 0.308. The lowest BCUT2D eigenvalue weighted by atomic mass is 9.99. The fraction of sp³-hybridized carbons (Fsp3) is 0.125. The maximum absolute atomic E-state index is 15.3. The van der Waals surface area contributed by atoms with Gasteiger partial charge in [-0.3, -0.25) is 20.0 Å². The molecular weight excluding hydrogens is 391 g/mol. The molecule has 4 aromatic rings. The Kier molecular flexibility index (Phi) is 4.81. The number of amidine groups is 1. The zero-order chi connectivity index (χ0) is 21.2. The molecule has 0 spiro atoms. The van der Waals surface area contributed by atoms with E-state index >= 15 is 4.39 Å². The number of nitrogens with zero attached hydrogens (tertiary/aromatic N) is 5. The largest absolute Gasteiger partial charge is 0.333 e. The number of benzene rings is 2. The molecule has 1 aliphatic heterocycles. The number of fused-ring (bicyclic) bond motifs is 2. The number of hydrogen-bond donors (Lipinski definition) is 1. The number of aliphatic imine (C=N–C) groups is 2. The molecule has 6 nitrogen and oxygen atoms in total. The van der Waals surface area contributed by atoms with Crippen molar-refractivity contribution in [1.29, 1.82) is 5.26 Å². The van der Waals surface area contributed by atoms with E-state index in [9.17, 15) is 0 Å². The van der Waals surface area contributed by atoms with E-state index in [1.807, 2.05) is 48.5 Å². The molecule has 2 aromatic heterocycles. The van der Waals surface area contributed by atoms with Crippen LogP contribution in [0.15, 0.2) is 77.0 Å². The van der Waals surface area contributed by atoms with E-state index in [0.29, 0.717) is 12.1 Å². The Balaban J connectivity index is 1.38. The van der Waals surface area contributed by atoms with E-state index in [-0.39, 0.29) is 5.84 Å². The summed E-state index contributed by atoms with van der Waals surface area (Å²) in [4.78, 5) is 17.4. The fourth-order valence-corrected chi connectivity index (χ4v) is 3.66. The van der Waals surface area contributed by atoms with Gasteiger partial charge in [0.2, 0.25) is 0 Å². The number of aromatic nitrogens is 2. The van der Waals surface area contributed by atoms with Gasteiger partial charge >= 0.3 is 0 Å². The summed E-state index contributed by atoms with van der Waals surface area (Å²) in [5, 5.41) is 13.7. The molecule has 7 heteroatoms. The lowest BCUT2D eigenvalue weighted by Gasteiger charge is -2.23. The van der Waals surface area contributed by atoms with Gasteiger partial charge in [0, 0.05) is 23.2 Å². The molecule has 5 rings (SSSR count). The SMILES string of the molecule is N#Cc1cnc2cc(CN=C3NC=NC(c4ccc5ncccc5c4)C3F)ccc2c1. The Morgan fingerprint density at radius 1 is 1.03 bits per heavy atom. The van der Waals surface area contributed by atoms with Crippen molar-refractivity contribution >= 4 is 34.0 Å². The van der Waals surface area contributed by atoms with Crippen LogP contribution >= 0.6 is 0 Å². The quantitative estimate of drug-likeness (QED) is 0.549. The molecule has 1 N–H and O–H groups in total. The first-order valence-corrected chi connectivity index (χ1v) is 9.81. The Labute approximate surface area is 177 Å². The molecule has 1 aliphatic rings. The van der Waals surface area contributed by atoms with Crippen molar-refractivity contribution in [3.05, 3.63) is 83.7 Å². The predicted molar refractivity (Wildman–Crippen MR) is 119 cm³/mol. The monoisotopic (exact) mass is 408 g/mol. The third kappa shape index (κ3) is 3.71. The second-order valence-electron chi connectivity index (χ2n) is 7.29. The summed E-state index contributed by atoms with van der Waals surface area (Å²) in [6.07, 6.45) is 3.39. The summed E-state index contributed by atoms with van der Waals surface area (Å²) in [7, 11) is 0. The predicted octanol–water partition coefficient (Wildman–Crippen LogP) is 4.26. The molecule has 3 heterocycles. The molecule has 0 radical (unpaired) electrons. The number of alkyl halides is 1. The molecule has 150 valence electrons. The highest BCUT2D eigenvalue weighted by atomic mass is 19.1. The molecule has 2 unspecified atom stereocenters. The van der Waals surface area contributed by atoms with Crippen molar-refractivity contribution in [3.8, 4) is 6.07 Å². The van der Waals surface area contributed by atoms with Gasteiger partial charge in [0.15, 0.2) is 6.17 Å². The van der Waals surface area contributed by atoms with E-state index in [4.69, 9.17) is 5.26 Å². The Morgan fingerprint density at radius 3 is 2.84 bits per heavy atom. The van der Waals surface area contributed by atoms with Gasteiger partial charge in [0.05, 0.1) is 29.5 Å². The molecule has 2 aromatic carbocycles. The van der Waals surface area contributed by atoms with Crippen LogP contribution < -0.4 is 5.32 Å². The molecule has 0 amide bonds. The van der Waals surface area contributed by atoms with Gasteiger partial charge in [0.1, 0.15) is 17.9 Å². The second-order valence-corrected chi connectivity index (χ2v) is 7.29. The second kappa shape index (κ2) is 7.92. The van der Waals surface area contributed by atoms with Crippen LogP contribution in [-0.2, 0) is 6.54 Å². The summed E-state index contributed by atoms with van der Waals surface area (Å²) >= 11 is 0. The standard InChI is InChI=1S/C24H17FN6/c25-22-23(19-5-6-20-17(10-19)2-1-7-27-20)30-14-31-24(22)29-12-15-3-4-18-8-16(11-26)13-28-21(18)9-15/h1-10,13-14,22-23H,12H2,(H,29,30,31). The molecule has 0 saturated heterocycles. The van der Waals surface area contributed by atoms with E-state index in [1.54, 1.807) is 18.5 Å². The van der Waals surface area contributed by atoms with Crippen LogP contribution in [0, 0.1) is 11.3 Å². The minimum Gasteiger partial charge on any atom is -0.333 e. The van der Waals surface area contributed by atoms with Gasteiger partial charge in [-0.25, -0.2) is 4.39 Å². The van der Waals surface area contributed by atoms with Crippen LogP contribution in [-0.4, -0.2) is 28.3 Å². The summed E-state index contributed by atoms with van der Waals surface area (Å²) < 4.78 is 15.3. The van der Waals surface area contributed by atoms with Crippen molar-refractivity contribution < 1.29 is 4.39 Å². The smallest absolute Gasteiger partial charge is 0.183 e. The highest BCUT2D eigenvalue weighted by Gasteiger charge is 2.29. The van der Waals surface area contributed by atoms with E-state index in [2.05, 4.69) is 31.3 Å². The van der Waals surface area contributed by atoms with Gasteiger partial charge in [-0.2, -0.15) is 5.26 Å². The first kappa shape index (κ1) is 18.8. The van der Waals surface area contributed by atoms with Crippen molar-refractivity contribution in [2.24, 2.45) is 9.98 Å². The minimum absolute atomic E-state index is 0.249. The summed E-state index contributed by atoms with van der Waals surface area (Å²) in [5.74, 6) is 0.249. The molecule has 0 bridgehead atoms. The van der Waals surface area contributed by atoms with Crippen LogP contribution in [0.2, 0.25) is 0 Å². The number of rotatable bonds is 3.